The van der Waals surface area contributed by atoms with Crippen LogP contribution in [0.5, 0.6) is 11.5 Å². The molecule has 0 saturated carbocycles. The van der Waals surface area contributed by atoms with Gasteiger partial charge in [0.25, 0.3) is 0 Å². The Morgan fingerprint density at radius 1 is 0.947 bits per heavy atom. The monoisotopic (exact) mass is 256 g/mol. The number of ketones is 1. The van der Waals surface area contributed by atoms with E-state index in [0.717, 1.165) is 6.08 Å². The lowest BCUT2D eigenvalue weighted by Crippen LogP contribution is -1.96. The number of carbonyl (C=O) groups excluding carboxylic acids is 1. The first-order valence-corrected chi connectivity index (χ1v) is 5.60. The van der Waals surface area contributed by atoms with Crippen molar-refractivity contribution in [2.24, 2.45) is 0 Å². The molecule has 2 aromatic carbocycles. The number of aliphatic hydroxyl groups is 1. The maximum Gasteiger partial charge on any atom is 0.193 e. The van der Waals surface area contributed by atoms with Crippen LogP contribution in [0.25, 0.3) is 5.76 Å². The third-order valence-corrected chi connectivity index (χ3v) is 2.60. The van der Waals surface area contributed by atoms with Gasteiger partial charge in [-0.2, -0.15) is 0 Å². The van der Waals surface area contributed by atoms with Crippen molar-refractivity contribution in [1.29, 1.82) is 0 Å². The number of phenols is 2. The molecule has 0 aliphatic carbocycles. The summed E-state index contributed by atoms with van der Waals surface area (Å²) >= 11 is 0. The van der Waals surface area contributed by atoms with E-state index in [1.165, 1.54) is 36.4 Å². The number of aromatic hydroxyl groups is 2. The minimum absolute atomic E-state index is 0.0728. The molecule has 4 heteroatoms. The van der Waals surface area contributed by atoms with Crippen molar-refractivity contribution in [2.75, 3.05) is 0 Å². The number of para-hydroxylation sites is 1. The van der Waals surface area contributed by atoms with Crippen molar-refractivity contribution in [2.45, 2.75) is 0 Å². The lowest BCUT2D eigenvalue weighted by Gasteiger charge is -2.02. The van der Waals surface area contributed by atoms with E-state index in [1.54, 1.807) is 12.1 Å². The number of hydrogen-bond donors (Lipinski definition) is 3. The van der Waals surface area contributed by atoms with E-state index in [9.17, 15) is 15.0 Å². The molecule has 0 aliphatic rings. The molecule has 0 fully saturated rings. The van der Waals surface area contributed by atoms with Gasteiger partial charge < -0.3 is 15.3 Å². The number of hydrogen-bond acceptors (Lipinski definition) is 4. The predicted octanol–water partition coefficient (Wildman–Crippen LogP) is 2.88. The molecule has 4 nitrogen and oxygen atoms in total. The first kappa shape index (κ1) is 12.7. The molecule has 0 aliphatic heterocycles. The molecule has 0 radical (unpaired) electrons. The second-order valence-corrected chi connectivity index (χ2v) is 3.96. The van der Waals surface area contributed by atoms with Crippen LogP contribution < -0.4 is 0 Å². The molecule has 96 valence electrons. The SMILES string of the molecule is O=C(/C=C(\O)c1ccc(O)cc1)c1ccccc1O. The van der Waals surface area contributed by atoms with Crippen LogP contribution in [0.3, 0.4) is 0 Å². The highest BCUT2D eigenvalue weighted by molar-refractivity contribution is 6.09. The van der Waals surface area contributed by atoms with E-state index in [2.05, 4.69) is 0 Å². The average Bonchev–Trinajstić information content (AvgIpc) is 2.39. The van der Waals surface area contributed by atoms with Gasteiger partial charge in [-0.15, -0.1) is 0 Å². The van der Waals surface area contributed by atoms with Gasteiger partial charge in [0, 0.05) is 11.6 Å². The van der Waals surface area contributed by atoms with E-state index < -0.39 is 5.78 Å². The third kappa shape index (κ3) is 2.93. The molecule has 0 spiro atoms. The number of benzene rings is 2. The summed E-state index contributed by atoms with van der Waals surface area (Å²) < 4.78 is 0. The Morgan fingerprint density at radius 3 is 2.21 bits per heavy atom. The number of phenolic OH excluding ortho intramolecular Hbond substituents is 2. The molecular weight excluding hydrogens is 244 g/mol. The molecule has 2 aromatic rings. The highest BCUT2D eigenvalue weighted by Gasteiger charge is 2.09. The van der Waals surface area contributed by atoms with Crippen LogP contribution in [0, 0.1) is 0 Å². The van der Waals surface area contributed by atoms with Gasteiger partial charge in [0.2, 0.25) is 0 Å². The van der Waals surface area contributed by atoms with Crippen LogP contribution >= 0.6 is 0 Å². The van der Waals surface area contributed by atoms with Gasteiger partial charge >= 0.3 is 0 Å². The van der Waals surface area contributed by atoms with Gasteiger partial charge in [0.15, 0.2) is 5.78 Å². The Labute approximate surface area is 109 Å². The highest BCUT2D eigenvalue weighted by atomic mass is 16.3. The van der Waals surface area contributed by atoms with E-state index >= 15 is 0 Å². The number of allylic oxidation sites excluding steroid dienone is 1. The van der Waals surface area contributed by atoms with Crippen LogP contribution in [0.4, 0.5) is 0 Å². The molecule has 0 heterocycles. The Balaban J connectivity index is 2.28. The van der Waals surface area contributed by atoms with Gasteiger partial charge in [-0.3, -0.25) is 4.79 Å². The molecule has 19 heavy (non-hydrogen) atoms. The quantitative estimate of drug-likeness (QED) is 0.448. The summed E-state index contributed by atoms with van der Waals surface area (Å²) in [5, 5.41) is 28.5. The van der Waals surface area contributed by atoms with E-state index in [1.807, 2.05) is 0 Å². The summed E-state index contributed by atoms with van der Waals surface area (Å²) in [5.41, 5.74) is 0.523. The fourth-order valence-corrected chi connectivity index (χ4v) is 1.60. The summed E-state index contributed by atoms with van der Waals surface area (Å²) in [6.45, 7) is 0. The summed E-state index contributed by atoms with van der Waals surface area (Å²) in [4.78, 5) is 11.9. The lowest BCUT2D eigenvalue weighted by molar-refractivity contribution is 0.104. The second kappa shape index (κ2) is 5.27. The Bertz CT molecular complexity index is 627. The normalized spacial score (nSPS) is 11.3. The van der Waals surface area contributed by atoms with Crippen LogP contribution in [-0.4, -0.2) is 21.1 Å². The van der Waals surface area contributed by atoms with E-state index in [0.29, 0.717) is 5.56 Å². The summed E-state index contributed by atoms with van der Waals surface area (Å²) in [6, 6.07) is 11.9. The topological polar surface area (TPSA) is 77.8 Å². The Kier molecular flexibility index (Phi) is 3.52. The van der Waals surface area contributed by atoms with Crippen molar-refractivity contribution in [3.05, 3.63) is 65.7 Å². The minimum atomic E-state index is -0.497. The average molecular weight is 256 g/mol. The molecule has 0 atom stereocenters. The van der Waals surface area contributed by atoms with Crippen LogP contribution in [0.2, 0.25) is 0 Å². The van der Waals surface area contributed by atoms with Crippen LogP contribution in [0.15, 0.2) is 54.6 Å². The summed E-state index contributed by atoms with van der Waals surface area (Å²) in [7, 11) is 0. The zero-order chi connectivity index (χ0) is 13.8. The third-order valence-electron chi connectivity index (χ3n) is 2.60. The van der Waals surface area contributed by atoms with Crippen molar-refractivity contribution in [3.8, 4) is 11.5 Å². The fraction of sp³-hybridized carbons (Fsp3) is 0. The molecule has 0 bridgehead atoms. The first-order chi connectivity index (χ1) is 9.08. The molecule has 0 saturated heterocycles. The molecule has 0 aromatic heterocycles. The van der Waals surface area contributed by atoms with Crippen LogP contribution in [0.1, 0.15) is 15.9 Å². The predicted molar refractivity (Wildman–Crippen MR) is 71.1 cm³/mol. The zero-order valence-electron chi connectivity index (χ0n) is 9.95. The maximum atomic E-state index is 11.9. The van der Waals surface area contributed by atoms with Crippen molar-refractivity contribution >= 4 is 11.5 Å². The largest absolute Gasteiger partial charge is 0.508 e. The van der Waals surface area contributed by atoms with Gasteiger partial charge in [-0.25, -0.2) is 0 Å². The Morgan fingerprint density at radius 2 is 1.58 bits per heavy atom. The van der Waals surface area contributed by atoms with Crippen molar-refractivity contribution in [1.82, 2.24) is 0 Å². The van der Waals surface area contributed by atoms with Gasteiger partial charge in [-0.05, 0) is 36.4 Å². The van der Waals surface area contributed by atoms with Crippen molar-refractivity contribution < 1.29 is 20.1 Å². The molecule has 3 N–H and O–H groups in total. The van der Waals surface area contributed by atoms with Gasteiger partial charge in [-0.1, -0.05) is 12.1 Å². The number of carbonyl (C=O) groups is 1. The molecular formula is C15H12O4. The van der Waals surface area contributed by atoms with E-state index in [-0.39, 0.29) is 22.8 Å². The zero-order valence-corrected chi connectivity index (χ0v) is 9.95. The first-order valence-electron chi connectivity index (χ1n) is 5.60. The summed E-state index contributed by atoms with van der Waals surface area (Å²) in [6.07, 6.45) is 1.03. The maximum absolute atomic E-state index is 11.9. The fourth-order valence-electron chi connectivity index (χ4n) is 1.60. The number of rotatable bonds is 3. The Hall–Kier alpha value is -2.75. The van der Waals surface area contributed by atoms with Crippen LogP contribution in [-0.2, 0) is 0 Å². The van der Waals surface area contributed by atoms with Gasteiger partial charge in [0.05, 0.1) is 5.56 Å². The van der Waals surface area contributed by atoms with Gasteiger partial charge in [0.1, 0.15) is 17.3 Å². The summed E-state index contributed by atoms with van der Waals surface area (Å²) in [5.74, 6) is -0.789. The molecule has 0 amide bonds. The molecule has 0 unspecified atom stereocenters. The minimum Gasteiger partial charge on any atom is -0.508 e. The highest BCUT2D eigenvalue weighted by Crippen LogP contribution is 2.20. The lowest BCUT2D eigenvalue weighted by atomic mass is 10.1. The van der Waals surface area contributed by atoms with E-state index in [4.69, 9.17) is 5.11 Å². The standard InChI is InChI=1S/C15H12O4/c16-11-7-5-10(6-8-11)14(18)9-15(19)12-3-1-2-4-13(12)17/h1-9,16-18H/b14-9-. The molecule has 2 rings (SSSR count). The smallest absolute Gasteiger partial charge is 0.193 e. The number of aliphatic hydroxyl groups excluding tert-OH is 1. The second-order valence-electron chi connectivity index (χ2n) is 3.96. The van der Waals surface area contributed by atoms with Crippen molar-refractivity contribution in [3.63, 3.8) is 0 Å².